The fourth-order valence-corrected chi connectivity index (χ4v) is 3.42. The molecule has 0 bridgehead atoms. The lowest BCUT2D eigenvalue weighted by molar-refractivity contribution is 0.0525. The van der Waals surface area contributed by atoms with Crippen LogP contribution in [0.15, 0.2) is 16.0 Å². The van der Waals surface area contributed by atoms with Crippen molar-refractivity contribution >= 4 is 17.3 Å². The number of carbonyl (C=O) groups excluding carboxylic acids is 1. The van der Waals surface area contributed by atoms with Crippen LogP contribution in [0.5, 0.6) is 0 Å². The number of hydrogen-bond acceptors (Lipinski definition) is 8. The predicted molar refractivity (Wildman–Crippen MR) is 89.9 cm³/mol. The van der Waals surface area contributed by atoms with Gasteiger partial charge in [-0.2, -0.15) is 0 Å². The van der Waals surface area contributed by atoms with E-state index < -0.39 is 0 Å². The van der Waals surface area contributed by atoms with Gasteiger partial charge in [-0.15, -0.1) is 11.3 Å². The van der Waals surface area contributed by atoms with Gasteiger partial charge in [-0.25, -0.2) is 9.78 Å². The summed E-state index contributed by atoms with van der Waals surface area (Å²) in [6, 6.07) is 1.98. The van der Waals surface area contributed by atoms with Gasteiger partial charge in [0.05, 0.1) is 18.0 Å². The van der Waals surface area contributed by atoms with Crippen LogP contribution in [-0.2, 0) is 17.8 Å². The Labute approximate surface area is 145 Å². The van der Waals surface area contributed by atoms with Crippen molar-refractivity contribution in [3.63, 3.8) is 0 Å². The Bertz CT molecular complexity index is 676. The van der Waals surface area contributed by atoms with Crippen molar-refractivity contribution < 1.29 is 14.1 Å². The summed E-state index contributed by atoms with van der Waals surface area (Å²) in [5.41, 5.74) is 1.92. The van der Waals surface area contributed by atoms with E-state index in [1.165, 1.54) is 11.3 Å². The molecule has 0 radical (unpaired) electrons. The quantitative estimate of drug-likeness (QED) is 0.737. The molecule has 0 spiro atoms. The fourth-order valence-electron chi connectivity index (χ4n) is 2.72. The standard InChI is InChI=1S/C16H22N4O3S/c1-3-22-16(21)15-17-14(11-24-15)10-20-6-4-19(5-7-20)9-13-8-12(2)23-18-13/h8,11H,3-7,9-10H2,1-2H3. The van der Waals surface area contributed by atoms with Gasteiger partial charge >= 0.3 is 5.97 Å². The molecule has 2 aromatic rings. The maximum atomic E-state index is 11.7. The average Bonchev–Trinajstić information content (AvgIpc) is 3.19. The summed E-state index contributed by atoms with van der Waals surface area (Å²) in [4.78, 5) is 20.8. The molecule has 1 fully saturated rings. The Hall–Kier alpha value is -1.77. The minimum atomic E-state index is -0.332. The second kappa shape index (κ2) is 7.87. The average molecular weight is 350 g/mol. The van der Waals surface area contributed by atoms with E-state index in [1.54, 1.807) is 6.92 Å². The lowest BCUT2D eigenvalue weighted by Gasteiger charge is -2.33. The van der Waals surface area contributed by atoms with Crippen LogP contribution in [0.1, 0.15) is 33.9 Å². The molecule has 0 saturated carbocycles. The first kappa shape index (κ1) is 17.1. The normalized spacial score (nSPS) is 16.4. The molecule has 0 atom stereocenters. The second-order valence-electron chi connectivity index (χ2n) is 5.85. The predicted octanol–water partition coefficient (Wildman–Crippen LogP) is 1.93. The molecule has 130 valence electrons. The van der Waals surface area contributed by atoms with Crippen LogP contribution < -0.4 is 0 Å². The van der Waals surface area contributed by atoms with Gasteiger partial charge < -0.3 is 9.26 Å². The zero-order valence-corrected chi connectivity index (χ0v) is 14.8. The van der Waals surface area contributed by atoms with E-state index in [9.17, 15) is 4.79 Å². The van der Waals surface area contributed by atoms with Crippen molar-refractivity contribution in [2.45, 2.75) is 26.9 Å². The fraction of sp³-hybridized carbons (Fsp3) is 0.562. The van der Waals surface area contributed by atoms with E-state index in [1.807, 2.05) is 18.4 Å². The van der Waals surface area contributed by atoms with Gasteiger partial charge in [0.15, 0.2) is 0 Å². The first-order valence-electron chi connectivity index (χ1n) is 8.12. The third-order valence-corrected chi connectivity index (χ3v) is 4.79. The Morgan fingerprint density at radius 2 is 1.92 bits per heavy atom. The van der Waals surface area contributed by atoms with Crippen molar-refractivity contribution in [2.24, 2.45) is 0 Å². The maximum Gasteiger partial charge on any atom is 0.367 e. The first-order chi connectivity index (χ1) is 11.6. The number of ether oxygens (including phenoxy) is 1. The highest BCUT2D eigenvalue weighted by atomic mass is 32.1. The van der Waals surface area contributed by atoms with Crippen molar-refractivity contribution in [2.75, 3.05) is 32.8 Å². The van der Waals surface area contributed by atoms with Crippen molar-refractivity contribution in [3.8, 4) is 0 Å². The number of piperazine rings is 1. The highest BCUT2D eigenvalue weighted by Gasteiger charge is 2.20. The molecule has 0 unspecified atom stereocenters. The van der Waals surface area contributed by atoms with Crippen molar-refractivity contribution in [1.29, 1.82) is 0 Å². The Balaban J connectivity index is 1.46. The van der Waals surface area contributed by atoms with Gasteiger partial charge in [-0.3, -0.25) is 9.80 Å². The number of aromatic nitrogens is 2. The van der Waals surface area contributed by atoms with Crippen LogP contribution in [0.25, 0.3) is 0 Å². The summed E-state index contributed by atoms with van der Waals surface area (Å²) in [6.45, 7) is 9.61. The van der Waals surface area contributed by atoms with Gasteiger partial charge in [0, 0.05) is 50.7 Å². The van der Waals surface area contributed by atoms with Gasteiger partial charge in [0.2, 0.25) is 5.01 Å². The van der Waals surface area contributed by atoms with Crippen LogP contribution in [0.3, 0.4) is 0 Å². The zero-order chi connectivity index (χ0) is 16.9. The van der Waals surface area contributed by atoms with Crippen LogP contribution in [0.2, 0.25) is 0 Å². The molecule has 3 heterocycles. The van der Waals surface area contributed by atoms with Gasteiger partial charge in [0.1, 0.15) is 5.76 Å². The van der Waals surface area contributed by atoms with E-state index in [-0.39, 0.29) is 5.97 Å². The molecule has 7 nitrogen and oxygen atoms in total. The molecule has 0 aliphatic carbocycles. The molecule has 1 saturated heterocycles. The topological polar surface area (TPSA) is 71.7 Å². The maximum absolute atomic E-state index is 11.7. The summed E-state index contributed by atoms with van der Waals surface area (Å²) < 4.78 is 10.1. The molecular weight excluding hydrogens is 328 g/mol. The number of carbonyl (C=O) groups is 1. The third-order valence-electron chi connectivity index (χ3n) is 3.91. The first-order valence-corrected chi connectivity index (χ1v) is 9.00. The molecule has 0 aromatic carbocycles. The van der Waals surface area contributed by atoms with Crippen LogP contribution >= 0.6 is 11.3 Å². The van der Waals surface area contributed by atoms with E-state index in [0.29, 0.717) is 11.6 Å². The molecule has 0 N–H and O–H groups in total. The van der Waals surface area contributed by atoms with Crippen LogP contribution in [0, 0.1) is 6.92 Å². The molecule has 24 heavy (non-hydrogen) atoms. The lowest BCUT2D eigenvalue weighted by atomic mass is 10.2. The molecule has 2 aromatic heterocycles. The number of aryl methyl sites for hydroxylation is 1. The van der Waals surface area contributed by atoms with Crippen molar-refractivity contribution in [3.05, 3.63) is 33.6 Å². The van der Waals surface area contributed by atoms with Crippen LogP contribution in [-0.4, -0.2) is 58.7 Å². The third kappa shape index (κ3) is 4.40. The molecule has 1 aliphatic rings. The summed E-state index contributed by atoms with van der Waals surface area (Å²) in [5.74, 6) is 0.519. The van der Waals surface area contributed by atoms with Gasteiger partial charge in [-0.1, -0.05) is 5.16 Å². The van der Waals surface area contributed by atoms with Gasteiger partial charge in [-0.05, 0) is 13.8 Å². The second-order valence-corrected chi connectivity index (χ2v) is 6.70. The molecule has 3 rings (SSSR count). The monoisotopic (exact) mass is 350 g/mol. The summed E-state index contributed by atoms with van der Waals surface area (Å²) in [5, 5.41) is 6.43. The summed E-state index contributed by atoms with van der Waals surface area (Å²) >= 11 is 1.35. The smallest absolute Gasteiger partial charge is 0.367 e. The summed E-state index contributed by atoms with van der Waals surface area (Å²) in [7, 11) is 0. The van der Waals surface area contributed by atoms with Gasteiger partial charge in [0.25, 0.3) is 0 Å². The van der Waals surface area contributed by atoms with E-state index in [2.05, 4.69) is 19.9 Å². The zero-order valence-electron chi connectivity index (χ0n) is 14.0. The molecular formula is C16H22N4O3S. The highest BCUT2D eigenvalue weighted by molar-refractivity contribution is 7.11. The largest absolute Gasteiger partial charge is 0.461 e. The van der Waals surface area contributed by atoms with Crippen molar-refractivity contribution in [1.82, 2.24) is 19.9 Å². The lowest BCUT2D eigenvalue weighted by Crippen LogP contribution is -2.45. The highest BCUT2D eigenvalue weighted by Crippen LogP contribution is 2.15. The van der Waals surface area contributed by atoms with E-state index in [4.69, 9.17) is 9.26 Å². The Morgan fingerprint density at radius 3 is 2.50 bits per heavy atom. The number of rotatable bonds is 6. The number of esters is 1. The minimum absolute atomic E-state index is 0.332. The molecule has 1 aliphatic heterocycles. The van der Waals surface area contributed by atoms with E-state index >= 15 is 0 Å². The SMILES string of the molecule is CCOC(=O)c1nc(CN2CCN(Cc3cc(C)on3)CC2)cs1. The Morgan fingerprint density at radius 1 is 1.25 bits per heavy atom. The number of hydrogen-bond donors (Lipinski definition) is 0. The molecule has 8 heteroatoms. The summed E-state index contributed by atoms with van der Waals surface area (Å²) in [6.07, 6.45) is 0. The number of nitrogens with zero attached hydrogens (tertiary/aromatic N) is 4. The number of thiazole rings is 1. The Kier molecular flexibility index (Phi) is 5.60. The van der Waals surface area contributed by atoms with E-state index in [0.717, 1.165) is 56.4 Å². The minimum Gasteiger partial charge on any atom is -0.461 e. The van der Waals surface area contributed by atoms with Crippen LogP contribution in [0.4, 0.5) is 0 Å². The molecule has 0 amide bonds.